The van der Waals surface area contributed by atoms with Crippen LogP contribution < -0.4 is 10.5 Å². The van der Waals surface area contributed by atoms with Crippen LogP contribution in [0.5, 0.6) is 5.75 Å². The average molecular weight is 413 g/mol. The second-order valence-corrected chi connectivity index (χ2v) is 7.48. The van der Waals surface area contributed by atoms with Crippen LogP contribution in [0, 0.1) is 0 Å². The summed E-state index contributed by atoms with van der Waals surface area (Å²) >= 11 is 0. The number of hydrazine groups is 1. The minimum Gasteiger partial charge on any atom is -0.497 e. The molecule has 1 amide bonds. The number of hydrogen-bond acceptors (Lipinski definition) is 7. The average Bonchev–Trinajstić information content (AvgIpc) is 3.16. The number of amides is 1. The lowest BCUT2D eigenvalue weighted by Crippen LogP contribution is -2.54. The molecule has 0 saturated carbocycles. The topological polar surface area (TPSA) is 103 Å². The Labute approximate surface area is 175 Å². The highest BCUT2D eigenvalue weighted by Crippen LogP contribution is 2.28. The normalized spacial score (nSPS) is 17.7. The summed E-state index contributed by atoms with van der Waals surface area (Å²) in [5, 5.41) is 8.32. The van der Waals surface area contributed by atoms with E-state index in [1.165, 1.54) is 0 Å². The Morgan fingerprint density at radius 3 is 2.53 bits per heavy atom. The van der Waals surface area contributed by atoms with Gasteiger partial charge in [0.25, 0.3) is 5.91 Å². The molecule has 160 valence electrons. The van der Waals surface area contributed by atoms with Gasteiger partial charge in [0.1, 0.15) is 11.4 Å². The molecule has 1 aromatic carbocycles. The maximum atomic E-state index is 13.5. The Morgan fingerprint density at radius 1 is 1.20 bits per heavy atom. The smallest absolute Gasteiger partial charge is 0.359 e. The lowest BCUT2D eigenvalue weighted by molar-refractivity contribution is -0.0268. The van der Waals surface area contributed by atoms with E-state index in [1.807, 2.05) is 12.1 Å². The second-order valence-electron chi connectivity index (χ2n) is 7.48. The first kappa shape index (κ1) is 20.4. The summed E-state index contributed by atoms with van der Waals surface area (Å²) in [6, 6.07) is 7.40. The van der Waals surface area contributed by atoms with E-state index in [2.05, 4.69) is 10.1 Å². The number of fused-ring (bicyclic) bond motifs is 1. The zero-order valence-electron chi connectivity index (χ0n) is 17.3. The van der Waals surface area contributed by atoms with Crippen molar-refractivity contribution >= 4 is 11.9 Å². The van der Waals surface area contributed by atoms with E-state index >= 15 is 0 Å². The zero-order valence-corrected chi connectivity index (χ0v) is 17.3. The standard InChI is InChI=1S/C21H27N5O4/c1-3-30-21(28)18-17-10-13-25(24-11-8-14(22)9-12-24)20(27)19(17)26(23-18)15-4-6-16(29-2)7-5-15/h4-7,14H,3,8-13,22H2,1-2H3. The molecule has 30 heavy (non-hydrogen) atoms. The number of ether oxygens (including phenoxy) is 2. The van der Waals surface area contributed by atoms with Gasteiger partial charge in [0.05, 0.1) is 19.4 Å². The summed E-state index contributed by atoms with van der Waals surface area (Å²) in [6.07, 6.45) is 2.23. The SMILES string of the molecule is CCOC(=O)c1nn(-c2ccc(OC)cc2)c2c1CCN(N1CCC(N)CC1)C2=O. The van der Waals surface area contributed by atoms with E-state index < -0.39 is 5.97 Å². The van der Waals surface area contributed by atoms with E-state index in [-0.39, 0.29) is 24.2 Å². The lowest BCUT2D eigenvalue weighted by Gasteiger charge is -2.40. The van der Waals surface area contributed by atoms with Crippen molar-refractivity contribution in [3.8, 4) is 11.4 Å². The third-order valence-electron chi connectivity index (χ3n) is 5.64. The summed E-state index contributed by atoms with van der Waals surface area (Å²) in [5.74, 6) is 0.0276. The summed E-state index contributed by atoms with van der Waals surface area (Å²) in [7, 11) is 1.59. The molecule has 2 aromatic rings. The Kier molecular flexibility index (Phi) is 5.74. The highest BCUT2D eigenvalue weighted by Gasteiger charge is 2.37. The van der Waals surface area contributed by atoms with Crippen molar-refractivity contribution in [3.05, 3.63) is 41.2 Å². The fourth-order valence-corrected chi connectivity index (χ4v) is 4.02. The number of nitrogens with two attached hydrogens (primary N) is 1. The monoisotopic (exact) mass is 413 g/mol. The molecule has 0 bridgehead atoms. The molecule has 0 spiro atoms. The maximum absolute atomic E-state index is 13.5. The molecule has 4 rings (SSSR count). The van der Waals surface area contributed by atoms with E-state index in [9.17, 15) is 9.59 Å². The predicted molar refractivity (Wildman–Crippen MR) is 110 cm³/mol. The highest BCUT2D eigenvalue weighted by molar-refractivity contribution is 6.00. The number of carbonyl (C=O) groups is 2. The minimum absolute atomic E-state index is 0.161. The van der Waals surface area contributed by atoms with Gasteiger partial charge in [0.2, 0.25) is 0 Å². The van der Waals surface area contributed by atoms with Crippen LogP contribution in [0.15, 0.2) is 24.3 Å². The van der Waals surface area contributed by atoms with Crippen molar-refractivity contribution in [1.29, 1.82) is 0 Å². The second kappa shape index (κ2) is 8.45. The van der Waals surface area contributed by atoms with Crippen molar-refractivity contribution in [2.24, 2.45) is 5.73 Å². The number of nitrogens with zero attached hydrogens (tertiary/aromatic N) is 4. The Balaban J connectivity index is 1.74. The molecule has 2 aliphatic heterocycles. The van der Waals surface area contributed by atoms with Crippen molar-refractivity contribution in [2.75, 3.05) is 33.4 Å². The number of piperidine rings is 1. The number of hydrogen-bond donors (Lipinski definition) is 1. The van der Waals surface area contributed by atoms with Crippen LogP contribution in [0.25, 0.3) is 5.69 Å². The minimum atomic E-state index is -0.508. The van der Waals surface area contributed by atoms with Crippen molar-refractivity contribution in [1.82, 2.24) is 19.8 Å². The first-order valence-electron chi connectivity index (χ1n) is 10.3. The summed E-state index contributed by atoms with van der Waals surface area (Å²) in [4.78, 5) is 26.0. The largest absolute Gasteiger partial charge is 0.497 e. The molecule has 2 N–H and O–H groups in total. The van der Waals surface area contributed by atoms with Gasteiger partial charge in [0.15, 0.2) is 5.69 Å². The molecule has 9 heteroatoms. The van der Waals surface area contributed by atoms with Gasteiger partial charge in [-0.05, 0) is 50.5 Å². The molecule has 1 fully saturated rings. The molecule has 0 radical (unpaired) electrons. The Morgan fingerprint density at radius 2 is 1.90 bits per heavy atom. The number of carbonyl (C=O) groups excluding carboxylic acids is 2. The van der Waals surface area contributed by atoms with Gasteiger partial charge in [-0.1, -0.05) is 0 Å². The molecule has 0 atom stereocenters. The van der Waals surface area contributed by atoms with E-state index in [0.717, 1.165) is 25.9 Å². The van der Waals surface area contributed by atoms with Crippen molar-refractivity contribution < 1.29 is 19.1 Å². The first-order chi connectivity index (χ1) is 14.5. The van der Waals surface area contributed by atoms with Crippen LogP contribution in [0.2, 0.25) is 0 Å². The van der Waals surface area contributed by atoms with Gasteiger partial charge < -0.3 is 15.2 Å². The van der Waals surface area contributed by atoms with Crippen LogP contribution in [-0.4, -0.2) is 71.1 Å². The van der Waals surface area contributed by atoms with Crippen LogP contribution in [0.4, 0.5) is 0 Å². The molecule has 2 aliphatic rings. The van der Waals surface area contributed by atoms with E-state index in [0.29, 0.717) is 35.7 Å². The van der Waals surface area contributed by atoms with Crippen LogP contribution in [-0.2, 0) is 11.2 Å². The van der Waals surface area contributed by atoms with Crippen LogP contribution in [0.3, 0.4) is 0 Å². The molecule has 1 aromatic heterocycles. The number of esters is 1. The van der Waals surface area contributed by atoms with Crippen molar-refractivity contribution in [3.63, 3.8) is 0 Å². The molecule has 0 aliphatic carbocycles. The fraction of sp³-hybridized carbons (Fsp3) is 0.476. The molecule has 9 nitrogen and oxygen atoms in total. The van der Waals surface area contributed by atoms with Gasteiger partial charge >= 0.3 is 5.97 Å². The van der Waals surface area contributed by atoms with E-state index in [4.69, 9.17) is 15.2 Å². The first-order valence-corrected chi connectivity index (χ1v) is 10.3. The van der Waals surface area contributed by atoms with Gasteiger partial charge in [-0.25, -0.2) is 14.5 Å². The summed E-state index contributed by atoms with van der Waals surface area (Å²) in [6.45, 7) is 3.98. The van der Waals surface area contributed by atoms with Crippen LogP contribution in [0.1, 0.15) is 46.3 Å². The van der Waals surface area contributed by atoms with E-state index in [1.54, 1.807) is 35.9 Å². The number of benzene rings is 1. The fourth-order valence-electron chi connectivity index (χ4n) is 4.02. The predicted octanol–water partition coefficient (Wildman–Crippen LogP) is 1.39. The summed E-state index contributed by atoms with van der Waals surface area (Å²) in [5.41, 5.74) is 7.95. The quantitative estimate of drug-likeness (QED) is 0.739. The highest BCUT2D eigenvalue weighted by atomic mass is 16.5. The molecular weight excluding hydrogens is 386 g/mol. The number of aromatic nitrogens is 2. The molecule has 1 saturated heterocycles. The molecular formula is C21H27N5O4. The summed E-state index contributed by atoms with van der Waals surface area (Å²) < 4.78 is 12.0. The lowest BCUT2D eigenvalue weighted by atomic mass is 10.0. The van der Waals surface area contributed by atoms with Crippen molar-refractivity contribution in [2.45, 2.75) is 32.2 Å². The third-order valence-corrected chi connectivity index (χ3v) is 5.64. The number of methoxy groups -OCH3 is 1. The van der Waals surface area contributed by atoms with Gasteiger partial charge in [-0.15, -0.1) is 0 Å². The van der Waals surface area contributed by atoms with Gasteiger partial charge in [-0.2, -0.15) is 5.10 Å². The van der Waals surface area contributed by atoms with Gasteiger partial charge in [-0.3, -0.25) is 9.80 Å². The molecule has 3 heterocycles. The zero-order chi connectivity index (χ0) is 21.3. The Hall–Kier alpha value is -2.91. The van der Waals surface area contributed by atoms with Crippen LogP contribution >= 0.6 is 0 Å². The Bertz CT molecular complexity index is 932. The number of rotatable bonds is 5. The van der Waals surface area contributed by atoms with Gasteiger partial charge in [0, 0.05) is 31.2 Å². The maximum Gasteiger partial charge on any atom is 0.359 e. The molecule has 0 unspecified atom stereocenters. The third kappa shape index (κ3) is 3.66.